The summed E-state index contributed by atoms with van der Waals surface area (Å²) in [4.78, 5) is 16.3. The standard InChI is InChI=1S/C21H25N7O3/c1-14-6-7-22-20(10-14)26-19-5-4-18(27-28-19)23-8-9-24-21(29)25-15-11-16(30-2)13-17(12-15)31-3/h4-7,10-13H,8-9H2,1-3H3,(H,23,27)(H,22,26,28)(H2,24,25,29). The molecule has 3 aromatic rings. The number of urea groups is 1. The van der Waals surface area contributed by atoms with E-state index < -0.39 is 0 Å². The zero-order valence-corrected chi connectivity index (χ0v) is 17.6. The van der Waals surface area contributed by atoms with E-state index in [1.165, 1.54) is 0 Å². The Hall–Kier alpha value is -4.08. The van der Waals surface area contributed by atoms with Crippen molar-refractivity contribution < 1.29 is 14.3 Å². The van der Waals surface area contributed by atoms with Crippen LogP contribution < -0.4 is 30.7 Å². The van der Waals surface area contributed by atoms with Crippen LogP contribution >= 0.6 is 0 Å². The van der Waals surface area contributed by atoms with Crippen molar-refractivity contribution in [2.45, 2.75) is 6.92 Å². The largest absolute Gasteiger partial charge is 0.497 e. The van der Waals surface area contributed by atoms with Gasteiger partial charge in [0.05, 0.1) is 14.2 Å². The van der Waals surface area contributed by atoms with Crippen molar-refractivity contribution in [2.24, 2.45) is 0 Å². The first-order chi connectivity index (χ1) is 15.1. The number of aromatic nitrogens is 3. The predicted molar refractivity (Wildman–Crippen MR) is 119 cm³/mol. The molecule has 0 atom stereocenters. The molecule has 0 fully saturated rings. The third-order valence-electron chi connectivity index (χ3n) is 4.16. The second-order valence-electron chi connectivity index (χ2n) is 6.56. The molecule has 162 valence electrons. The van der Waals surface area contributed by atoms with Crippen LogP contribution in [0.5, 0.6) is 11.5 Å². The highest BCUT2D eigenvalue weighted by atomic mass is 16.5. The van der Waals surface area contributed by atoms with Gasteiger partial charge in [0.1, 0.15) is 23.1 Å². The quantitative estimate of drug-likeness (QED) is 0.387. The van der Waals surface area contributed by atoms with Gasteiger partial charge in [-0.25, -0.2) is 9.78 Å². The maximum atomic E-state index is 12.1. The number of aryl methyl sites for hydroxylation is 1. The van der Waals surface area contributed by atoms with Gasteiger partial charge >= 0.3 is 6.03 Å². The van der Waals surface area contributed by atoms with Crippen molar-refractivity contribution in [3.05, 3.63) is 54.2 Å². The number of hydrogen-bond donors (Lipinski definition) is 4. The fourth-order valence-corrected chi connectivity index (χ4v) is 2.65. The molecule has 0 radical (unpaired) electrons. The second-order valence-corrected chi connectivity index (χ2v) is 6.56. The van der Waals surface area contributed by atoms with Gasteiger partial charge in [0, 0.05) is 43.2 Å². The minimum Gasteiger partial charge on any atom is -0.497 e. The Morgan fingerprint density at radius 3 is 2.26 bits per heavy atom. The number of ether oxygens (including phenoxy) is 2. The van der Waals surface area contributed by atoms with Gasteiger partial charge in [-0.3, -0.25) is 0 Å². The smallest absolute Gasteiger partial charge is 0.319 e. The van der Waals surface area contributed by atoms with Gasteiger partial charge in [-0.15, -0.1) is 10.2 Å². The third-order valence-corrected chi connectivity index (χ3v) is 4.16. The number of anilines is 4. The van der Waals surface area contributed by atoms with E-state index in [1.54, 1.807) is 50.7 Å². The molecule has 2 aromatic heterocycles. The van der Waals surface area contributed by atoms with E-state index in [0.29, 0.717) is 47.7 Å². The number of benzene rings is 1. The monoisotopic (exact) mass is 423 g/mol. The normalized spacial score (nSPS) is 10.2. The first-order valence-corrected chi connectivity index (χ1v) is 9.61. The molecule has 10 nitrogen and oxygen atoms in total. The fraction of sp³-hybridized carbons (Fsp3) is 0.238. The van der Waals surface area contributed by atoms with Crippen LogP contribution in [0.25, 0.3) is 0 Å². The van der Waals surface area contributed by atoms with Crippen molar-refractivity contribution >= 4 is 29.2 Å². The summed E-state index contributed by atoms with van der Waals surface area (Å²) in [7, 11) is 3.10. The second kappa shape index (κ2) is 10.6. The Bertz CT molecular complexity index is 990. The molecule has 0 unspecified atom stereocenters. The van der Waals surface area contributed by atoms with Crippen molar-refractivity contribution in [3.63, 3.8) is 0 Å². The molecule has 0 saturated heterocycles. The number of methoxy groups -OCH3 is 2. The molecule has 0 aliphatic heterocycles. The Morgan fingerprint density at radius 1 is 0.903 bits per heavy atom. The molecular weight excluding hydrogens is 398 g/mol. The summed E-state index contributed by atoms with van der Waals surface area (Å²) in [5.41, 5.74) is 1.67. The summed E-state index contributed by atoms with van der Waals surface area (Å²) < 4.78 is 10.4. The highest BCUT2D eigenvalue weighted by Crippen LogP contribution is 2.25. The number of nitrogens with one attached hydrogen (secondary N) is 4. The van der Waals surface area contributed by atoms with Crippen LogP contribution in [0.2, 0.25) is 0 Å². The van der Waals surface area contributed by atoms with Crippen LogP contribution in [0.4, 0.5) is 27.9 Å². The molecule has 4 N–H and O–H groups in total. The predicted octanol–water partition coefficient (Wildman–Crippen LogP) is 3.17. The molecule has 2 amide bonds. The Labute approximate surface area is 180 Å². The summed E-state index contributed by atoms with van der Waals surface area (Å²) in [5, 5.41) is 19.9. The van der Waals surface area contributed by atoms with Gasteiger partial charge in [0.15, 0.2) is 5.82 Å². The average molecular weight is 423 g/mol. The topological polar surface area (TPSA) is 122 Å². The number of amides is 2. The van der Waals surface area contributed by atoms with E-state index in [1.807, 2.05) is 19.1 Å². The van der Waals surface area contributed by atoms with E-state index in [9.17, 15) is 4.79 Å². The van der Waals surface area contributed by atoms with E-state index in [-0.39, 0.29) is 6.03 Å². The van der Waals surface area contributed by atoms with Gasteiger partial charge in [-0.05, 0) is 36.8 Å². The highest BCUT2D eigenvalue weighted by Gasteiger charge is 2.06. The molecule has 10 heteroatoms. The van der Waals surface area contributed by atoms with Crippen LogP contribution in [0, 0.1) is 6.92 Å². The lowest BCUT2D eigenvalue weighted by Gasteiger charge is -2.11. The molecule has 0 aliphatic rings. The molecule has 3 rings (SSSR count). The number of pyridine rings is 1. The molecule has 0 aliphatic carbocycles. The van der Waals surface area contributed by atoms with Crippen molar-refractivity contribution in [2.75, 3.05) is 43.3 Å². The molecule has 0 bridgehead atoms. The summed E-state index contributed by atoms with van der Waals surface area (Å²) in [6.45, 7) is 2.87. The van der Waals surface area contributed by atoms with Crippen LogP contribution in [0.3, 0.4) is 0 Å². The molecule has 2 heterocycles. The Morgan fingerprint density at radius 2 is 1.61 bits per heavy atom. The van der Waals surface area contributed by atoms with Gasteiger partial charge < -0.3 is 30.7 Å². The summed E-state index contributed by atoms with van der Waals surface area (Å²) >= 11 is 0. The van der Waals surface area contributed by atoms with E-state index in [2.05, 4.69) is 36.4 Å². The minimum absolute atomic E-state index is 0.339. The number of carbonyl (C=O) groups is 1. The fourth-order valence-electron chi connectivity index (χ4n) is 2.65. The summed E-state index contributed by atoms with van der Waals surface area (Å²) in [5.74, 6) is 3.08. The lowest BCUT2D eigenvalue weighted by atomic mass is 10.3. The number of rotatable bonds is 9. The Kier molecular flexibility index (Phi) is 7.41. The van der Waals surface area contributed by atoms with Crippen LogP contribution in [0.15, 0.2) is 48.7 Å². The Balaban J connectivity index is 1.41. The van der Waals surface area contributed by atoms with Crippen LogP contribution in [0.1, 0.15) is 5.56 Å². The van der Waals surface area contributed by atoms with Crippen LogP contribution in [-0.2, 0) is 0 Å². The zero-order valence-electron chi connectivity index (χ0n) is 17.6. The number of hydrogen-bond acceptors (Lipinski definition) is 8. The van der Waals surface area contributed by atoms with Gasteiger partial charge in [-0.2, -0.15) is 0 Å². The molecule has 0 spiro atoms. The lowest BCUT2D eigenvalue weighted by Crippen LogP contribution is -2.32. The molecule has 0 saturated carbocycles. The first kappa shape index (κ1) is 21.6. The van der Waals surface area contributed by atoms with Gasteiger partial charge in [-0.1, -0.05) is 0 Å². The number of nitrogens with zero attached hydrogens (tertiary/aromatic N) is 3. The van der Waals surface area contributed by atoms with Crippen molar-refractivity contribution in [1.82, 2.24) is 20.5 Å². The molecule has 31 heavy (non-hydrogen) atoms. The maximum absolute atomic E-state index is 12.1. The molecular formula is C21H25N7O3. The highest BCUT2D eigenvalue weighted by molar-refractivity contribution is 5.89. The van der Waals surface area contributed by atoms with Crippen molar-refractivity contribution in [3.8, 4) is 11.5 Å². The summed E-state index contributed by atoms with van der Waals surface area (Å²) in [6.07, 6.45) is 1.73. The number of carbonyl (C=O) groups excluding carboxylic acids is 1. The third kappa shape index (κ3) is 6.74. The maximum Gasteiger partial charge on any atom is 0.319 e. The van der Waals surface area contributed by atoms with E-state index >= 15 is 0 Å². The summed E-state index contributed by atoms with van der Waals surface area (Å²) in [6, 6.07) is 12.2. The van der Waals surface area contributed by atoms with Crippen molar-refractivity contribution in [1.29, 1.82) is 0 Å². The lowest BCUT2D eigenvalue weighted by molar-refractivity contribution is 0.252. The van der Waals surface area contributed by atoms with E-state index in [4.69, 9.17) is 9.47 Å². The van der Waals surface area contributed by atoms with Gasteiger partial charge in [0.25, 0.3) is 0 Å². The first-order valence-electron chi connectivity index (χ1n) is 9.61. The SMILES string of the molecule is COc1cc(NC(=O)NCCNc2ccc(Nc3cc(C)ccn3)nn2)cc(OC)c1. The average Bonchev–Trinajstić information content (AvgIpc) is 2.77. The van der Waals surface area contributed by atoms with Gasteiger partial charge in [0.2, 0.25) is 0 Å². The van der Waals surface area contributed by atoms with Crippen LogP contribution in [-0.4, -0.2) is 48.5 Å². The molecule has 1 aromatic carbocycles. The zero-order chi connectivity index (χ0) is 22.1. The van der Waals surface area contributed by atoms with E-state index in [0.717, 1.165) is 5.56 Å². The minimum atomic E-state index is -0.339.